The van der Waals surface area contributed by atoms with E-state index >= 15 is 0 Å². The monoisotopic (exact) mass is 228 g/mol. The quantitative estimate of drug-likeness (QED) is 0.636. The normalized spacial score (nSPS) is 10.7. The van der Waals surface area contributed by atoms with Gasteiger partial charge in [-0.1, -0.05) is 0 Å². The Kier molecular flexibility index (Phi) is 4.45. The van der Waals surface area contributed by atoms with Crippen LogP contribution >= 0.6 is 0 Å². The van der Waals surface area contributed by atoms with Crippen molar-refractivity contribution in [2.24, 2.45) is 7.05 Å². The first-order valence-electron chi connectivity index (χ1n) is 4.91. The summed E-state index contributed by atoms with van der Waals surface area (Å²) in [4.78, 5) is 23.0. The molecule has 6 heteroatoms. The zero-order chi connectivity index (χ0) is 12.1. The van der Waals surface area contributed by atoms with Crippen molar-refractivity contribution >= 4 is 0 Å². The molecule has 1 rings (SSSR count). The smallest absolute Gasteiger partial charge is 0.332 e. The first kappa shape index (κ1) is 12.7. The average molecular weight is 228 g/mol. The predicted octanol–water partition coefficient (Wildman–Crippen LogP) is -0.524. The zero-order valence-electron chi connectivity index (χ0n) is 9.73. The molecule has 0 aromatic carbocycles. The van der Waals surface area contributed by atoms with Gasteiger partial charge in [0.2, 0.25) is 0 Å². The van der Waals surface area contributed by atoms with Crippen molar-refractivity contribution in [3.63, 3.8) is 0 Å². The van der Waals surface area contributed by atoms with Gasteiger partial charge in [0, 0.05) is 25.9 Å². The maximum Gasteiger partial charge on any atom is 0.332 e. The Bertz CT molecular complexity index is 461. The Morgan fingerprint density at radius 3 is 2.62 bits per heavy atom. The molecule has 0 aliphatic heterocycles. The van der Waals surface area contributed by atoms with Crippen LogP contribution in [0.5, 0.6) is 0 Å². The van der Waals surface area contributed by atoms with Gasteiger partial charge in [-0.25, -0.2) is 4.79 Å². The molecular formula is C10H16N2O4. The van der Waals surface area contributed by atoms with Gasteiger partial charge >= 0.3 is 5.69 Å². The Balaban J connectivity index is 2.82. The van der Waals surface area contributed by atoms with Crippen LogP contribution in [0.2, 0.25) is 0 Å². The summed E-state index contributed by atoms with van der Waals surface area (Å²) in [5.74, 6) is 0. The molecule has 0 atom stereocenters. The highest BCUT2D eigenvalue weighted by atomic mass is 16.5. The van der Waals surface area contributed by atoms with E-state index in [1.807, 2.05) is 0 Å². The average Bonchev–Trinajstić information content (AvgIpc) is 2.28. The third-order valence-electron chi connectivity index (χ3n) is 2.19. The van der Waals surface area contributed by atoms with Crippen LogP contribution in [0, 0.1) is 6.92 Å². The topological polar surface area (TPSA) is 62.5 Å². The third kappa shape index (κ3) is 2.80. The van der Waals surface area contributed by atoms with E-state index in [0.29, 0.717) is 18.8 Å². The number of rotatable bonds is 5. The molecule has 0 spiro atoms. The van der Waals surface area contributed by atoms with Crippen LogP contribution in [0.25, 0.3) is 0 Å². The number of methoxy groups -OCH3 is 1. The van der Waals surface area contributed by atoms with Crippen molar-refractivity contribution < 1.29 is 9.47 Å². The molecule has 1 aromatic rings. The van der Waals surface area contributed by atoms with Gasteiger partial charge in [0.05, 0.1) is 13.2 Å². The van der Waals surface area contributed by atoms with E-state index in [0.717, 1.165) is 4.57 Å². The number of hydrogen-bond donors (Lipinski definition) is 0. The highest BCUT2D eigenvalue weighted by molar-refractivity contribution is 5.01. The summed E-state index contributed by atoms with van der Waals surface area (Å²) in [5, 5.41) is 0. The highest BCUT2D eigenvalue weighted by Gasteiger charge is 2.04. The summed E-state index contributed by atoms with van der Waals surface area (Å²) in [6.45, 7) is 2.66. The van der Waals surface area contributed by atoms with E-state index in [1.54, 1.807) is 14.0 Å². The molecule has 0 N–H and O–H groups in total. The number of nitrogens with zero attached hydrogens (tertiary/aromatic N) is 2. The maximum absolute atomic E-state index is 11.6. The Morgan fingerprint density at radius 2 is 2.00 bits per heavy atom. The summed E-state index contributed by atoms with van der Waals surface area (Å²) in [7, 11) is 3.02. The molecule has 1 aromatic heterocycles. The molecule has 0 radical (unpaired) electrons. The van der Waals surface area contributed by atoms with Gasteiger partial charge in [-0.15, -0.1) is 0 Å². The van der Waals surface area contributed by atoms with Crippen LogP contribution in [0.15, 0.2) is 15.8 Å². The Morgan fingerprint density at radius 1 is 1.31 bits per heavy atom. The minimum absolute atomic E-state index is 0.122. The van der Waals surface area contributed by atoms with Gasteiger partial charge in [-0.2, -0.15) is 0 Å². The van der Waals surface area contributed by atoms with E-state index in [1.165, 1.54) is 17.8 Å². The molecule has 0 aliphatic rings. The summed E-state index contributed by atoms with van der Waals surface area (Å²) >= 11 is 0. The number of aromatic nitrogens is 2. The summed E-state index contributed by atoms with van der Waals surface area (Å²) < 4.78 is 12.4. The molecule has 0 saturated heterocycles. The third-order valence-corrected chi connectivity index (χ3v) is 2.19. The van der Waals surface area contributed by atoms with Gasteiger partial charge in [0.15, 0.2) is 0 Å². The van der Waals surface area contributed by atoms with Gasteiger partial charge < -0.3 is 9.47 Å². The molecule has 6 nitrogen and oxygen atoms in total. The molecule has 0 aliphatic carbocycles. The molecule has 0 unspecified atom stereocenters. The van der Waals surface area contributed by atoms with Crippen molar-refractivity contribution in [1.82, 2.24) is 9.13 Å². The van der Waals surface area contributed by atoms with Crippen LogP contribution in [-0.4, -0.2) is 29.5 Å². The lowest BCUT2D eigenvalue weighted by atomic mass is 10.4. The van der Waals surface area contributed by atoms with Crippen molar-refractivity contribution in [1.29, 1.82) is 0 Å². The highest BCUT2D eigenvalue weighted by Crippen LogP contribution is 1.87. The predicted molar refractivity (Wildman–Crippen MR) is 58.5 cm³/mol. The molecular weight excluding hydrogens is 212 g/mol. The van der Waals surface area contributed by atoms with Crippen LogP contribution in [-0.2, 0) is 23.3 Å². The Labute approximate surface area is 93.0 Å². The second-order valence-corrected chi connectivity index (χ2v) is 3.46. The zero-order valence-corrected chi connectivity index (χ0v) is 9.73. The van der Waals surface area contributed by atoms with Crippen molar-refractivity contribution in [3.05, 3.63) is 32.6 Å². The molecule has 0 saturated carbocycles. The van der Waals surface area contributed by atoms with E-state index in [-0.39, 0.29) is 18.0 Å². The molecule has 0 fully saturated rings. The van der Waals surface area contributed by atoms with Crippen LogP contribution in [0.3, 0.4) is 0 Å². The lowest BCUT2D eigenvalue weighted by molar-refractivity contribution is 0.0314. The molecule has 16 heavy (non-hydrogen) atoms. The molecule has 0 amide bonds. The minimum atomic E-state index is -0.381. The van der Waals surface area contributed by atoms with Gasteiger partial charge in [-0.05, 0) is 6.92 Å². The summed E-state index contributed by atoms with van der Waals surface area (Å²) in [6.07, 6.45) is 1.50. The maximum atomic E-state index is 11.6. The van der Waals surface area contributed by atoms with Crippen LogP contribution < -0.4 is 11.2 Å². The van der Waals surface area contributed by atoms with Crippen molar-refractivity contribution in [3.8, 4) is 0 Å². The SMILES string of the molecule is COCCOCn1cc(C)c(=O)n(C)c1=O. The van der Waals surface area contributed by atoms with E-state index in [9.17, 15) is 9.59 Å². The second kappa shape index (κ2) is 5.62. The fourth-order valence-corrected chi connectivity index (χ4v) is 1.29. The van der Waals surface area contributed by atoms with Crippen LogP contribution in [0.4, 0.5) is 0 Å². The van der Waals surface area contributed by atoms with Gasteiger partial charge in [0.25, 0.3) is 5.56 Å². The van der Waals surface area contributed by atoms with Crippen LogP contribution in [0.1, 0.15) is 5.56 Å². The number of ether oxygens (including phenoxy) is 2. The first-order valence-corrected chi connectivity index (χ1v) is 4.91. The van der Waals surface area contributed by atoms with Gasteiger partial charge in [-0.3, -0.25) is 13.9 Å². The lowest BCUT2D eigenvalue weighted by Crippen LogP contribution is -2.39. The molecule has 90 valence electrons. The first-order chi connectivity index (χ1) is 7.57. The summed E-state index contributed by atoms with van der Waals surface area (Å²) in [5.41, 5.74) is -0.149. The van der Waals surface area contributed by atoms with E-state index < -0.39 is 0 Å². The Hall–Kier alpha value is -1.40. The van der Waals surface area contributed by atoms with E-state index in [4.69, 9.17) is 9.47 Å². The second-order valence-electron chi connectivity index (χ2n) is 3.46. The van der Waals surface area contributed by atoms with Crippen molar-refractivity contribution in [2.45, 2.75) is 13.7 Å². The molecule has 1 heterocycles. The lowest BCUT2D eigenvalue weighted by Gasteiger charge is -2.09. The fraction of sp³-hybridized carbons (Fsp3) is 0.600. The fourth-order valence-electron chi connectivity index (χ4n) is 1.29. The van der Waals surface area contributed by atoms with E-state index in [2.05, 4.69) is 0 Å². The minimum Gasteiger partial charge on any atom is -0.382 e. The summed E-state index contributed by atoms with van der Waals surface area (Å²) in [6, 6.07) is 0. The van der Waals surface area contributed by atoms with Gasteiger partial charge in [0.1, 0.15) is 6.73 Å². The standard InChI is InChI=1S/C10H16N2O4/c1-8-6-12(7-16-5-4-15-3)10(14)11(2)9(8)13/h6H,4-5,7H2,1-3H3. The number of aryl methyl sites for hydroxylation is 1. The van der Waals surface area contributed by atoms with Crippen molar-refractivity contribution in [2.75, 3.05) is 20.3 Å². The number of hydrogen-bond acceptors (Lipinski definition) is 4. The largest absolute Gasteiger partial charge is 0.382 e. The molecule has 0 bridgehead atoms.